The van der Waals surface area contributed by atoms with Crippen LogP contribution in [0.1, 0.15) is 84.0 Å². The minimum Gasteiger partial charge on any atom is -0.394 e. The third-order valence-corrected chi connectivity index (χ3v) is 5.04. The molecule has 1 rings (SSSR count). The quantitative estimate of drug-likeness (QED) is 0.368. The van der Waals surface area contributed by atoms with Crippen molar-refractivity contribution in [2.45, 2.75) is 108 Å². The van der Waals surface area contributed by atoms with Crippen LogP contribution in [-0.4, -0.2) is 59.6 Å². The first-order valence-electron chi connectivity index (χ1n) is 10.4. The van der Waals surface area contributed by atoms with Crippen LogP contribution < -0.4 is 0 Å². The lowest BCUT2D eigenvalue weighted by atomic mass is 10.1. The highest BCUT2D eigenvalue weighted by Crippen LogP contribution is 2.21. The molecule has 0 aromatic heterocycles. The summed E-state index contributed by atoms with van der Waals surface area (Å²) in [6, 6.07) is 0. The molecule has 0 aromatic carbocycles. The Morgan fingerprint density at radius 2 is 1.44 bits per heavy atom. The van der Waals surface area contributed by atoms with E-state index in [4.69, 9.17) is 14.6 Å². The lowest BCUT2D eigenvalue weighted by Crippen LogP contribution is -2.42. The molecule has 0 saturated carbocycles. The molecule has 1 heterocycles. The van der Waals surface area contributed by atoms with E-state index in [0.29, 0.717) is 6.61 Å². The van der Waals surface area contributed by atoms with Gasteiger partial charge in [-0.05, 0) is 6.42 Å². The van der Waals surface area contributed by atoms with Crippen molar-refractivity contribution in [3.63, 3.8) is 0 Å². The van der Waals surface area contributed by atoms with Crippen LogP contribution in [0.2, 0.25) is 0 Å². The number of aliphatic hydroxyl groups is 3. The molecular weight excluding hydrogens is 320 g/mol. The molecule has 4 atom stereocenters. The molecule has 25 heavy (non-hydrogen) atoms. The van der Waals surface area contributed by atoms with Gasteiger partial charge in [0.2, 0.25) is 0 Å². The minimum absolute atomic E-state index is 0.158. The van der Waals surface area contributed by atoms with Crippen LogP contribution in [0.5, 0.6) is 0 Å². The van der Waals surface area contributed by atoms with Crippen LogP contribution in [0.3, 0.4) is 0 Å². The van der Waals surface area contributed by atoms with E-state index in [1.807, 2.05) is 0 Å². The maximum atomic E-state index is 9.85. The molecular formula is C20H40O5. The first-order chi connectivity index (χ1) is 12.2. The van der Waals surface area contributed by atoms with Gasteiger partial charge in [-0.15, -0.1) is 0 Å². The molecule has 0 unspecified atom stereocenters. The van der Waals surface area contributed by atoms with Gasteiger partial charge in [0, 0.05) is 6.61 Å². The molecule has 0 spiro atoms. The molecule has 1 fully saturated rings. The van der Waals surface area contributed by atoms with Crippen molar-refractivity contribution in [2.75, 3.05) is 19.8 Å². The standard InChI is InChI=1S/C20H40O5/c1-2-3-4-5-6-7-8-9-10-11-12-13-14-24-20-18(23)16-25-19(20)17(22)15-21/h17-23H,2-16H2,1H3/t17-,18+,19+,20+/m0/s1. The molecule has 0 aromatic rings. The van der Waals surface area contributed by atoms with Gasteiger partial charge in [0.25, 0.3) is 0 Å². The van der Waals surface area contributed by atoms with Crippen LogP contribution in [0, 0.1) is 0 Å². The number of hydrogen-bond donors (Lipinski definition) is 3. The van der Waals surface area contributed by atoms with Gasteiger partial charge in [-0.3, -0.25) is 0 Å². The Morgan fingerprint density at radius 1 is 0.920 bits per heavy atom. The molecule has 5 nitrogen and oxygen atoms in total. The predicted octanol–water partition coefficient (Wildman–Crippen LogP) is 3.19. The van der Waals surface area contributed by atoms with Crippen LogP contribution in [-0.2, 0) is 9.47 Å². The van der Waals surface area contributed by atoms with E-state index in [-0.39, 0.29) is 13.2 Å². The zero-order valence-corrected chi connectivity index (χ0v) is 16.1. The summed E-state index contributed by atoms with van der Waals surface area (Å²) < 4.78 is 11.0. The van der Waals surface area contributed by atoms with Gasteiger partial charge in [0.1, 0.15) is 24.4 Å². The fourth-order valence-electron chi connectivity index (χ4n) is 3.42. The molecule has 0 bridgehead atoms. The topological polar surface area (TPSA) is 79.2 Å². The fraction of sp³-hybridized carbons (Fsp3) is 1.00. The lowest BCUT2D eigenvalue weighted by Gasteiger charge is -2.23. The maximum absolute atomic E-state index is 9.85. The average molecular weight is 361 g/mol. The lowest BCUT2D eigenvalue weighted by molar-refractivity contribution is -0.0938. The van der Waals surface area contributed by atoms with Crippen molar-refractivity contribution in [1.29, 1.82) is 0 Å². The first kappa shape index (κ1) is 22.8. The molecule has 1 saturated heterocycles. The summed E-state index contributed by atoms with van der Waals surface area (Å²) >= 11 is 0. The summed E-state index contributed by atoms with van der Waals surface area (Å²) in [7, 11) is 0. The second-order valence-electron chi connectivity index (χ2n) is 7.34. The molecule has 3 N–H and O–H groups in total. The highest BCUT2D eigenvalue weighted by Gasteiger charge is 2.40. The van der Waals surface area contributed by atoms with Crippen molar-refractivity contribution >= 4 is 0 Å². The molecule has 1 aliphatic rings. The summed E-state index contributed by atoms with van der Waals surface area (Å²) in [5, 5.41) is 28.6. The Morgan fingerprint density at radius 3 is 1.96 bits per heavy atom. The van der Waals surface area contributed by atoms with Gasteiger partial charge in [-0.1, -0.05) is 77.6 Å². The zero-order valence-electron chi connectivity index (χ0n) is 16.1. The van der Waals surface area contributed by atoms with Gasteiger partial charge in [-0.2, -0.15) is 0 Å². The van der Waals surface area contributed by atoms with Gasteiger partial charge < -0.3 is 24.8 Å². The molecule has 0 aliphatic carbocycles. The highest BCUT2D eigenvalue weighted by molar-refractivity contribution is 4.89. The molecule has 5 heteroatoms. The van der Waals surface area contributed by atoms with Crippen molar-refractivity contribution in [1.82, 2.24) is 0 Å². The normalized spacial score (nSPS) is 24.7. The van der Waals surface area contributed by atoms with Gasteiger partial charge in [0.15, 0.2) is 0 Å². The maximum Gasteiger partial charge on any atom is 0.114 e. The number of aliphatic hydroxyl groups excluding tert-OH is 3. The van der Waals surface area contributed by atoms with E-state index >= 15 is 0 Å². The van der Waals surface area contributed by atoms with E-state index in [2.05, 4.69) is 6.92 Å². The fourth-order valence-corrected chi connectivity index (χ4v) is 3.42. The Hall–Kier alpha value is -0.200. The van der Waals surface area contributed by atoms with Crippen LogP contribution in [0.15, 0.2) is 0 Å². The molecule has 0 radical (unpaired) electrons. The summed E-state index contributed by atoms with van der Waals surface area (Å²) in [4.78, 5) is 0. The smallest absolute Gasteiger partial charge is 0.114 e. The van der Waals surface area contributed by atoms with Crippen LogP contribution in [0.4, 0.5) is 0 Å². The van der Waals surface area contributed by atoms with Crippen molar-refractivity contribution in [3.8, 4) is 0 Å². The minimum atomic E-state index is -0.996. The number of unbranched alkanes of at least 4 members (excludes halogenated alkanes) is 11. The zero-order chi connectivity index (χ0) is 18.3. The van der Waals surface area contributed by atoms with Gasteiger partial charge in [-0.25, -0.2) is 0 Å². The van der Waals surface area contributed by atoms with Crippen molar-refractivity contribution < 1.29 is 24.8 Å². The highest BCUT2D eigenvalue weighted by atomic mass is 16.6. The molecule has 1 aliphatic heterocycles. The third kappa shape index (κ3) is 9.90. The number of hydrogen-bond acceptors (Lipinski definition) is 5. The summed E-state index contributed by atoms with van der Waals surface area (Å²) in [6.07, 6.45) is 12.7. The van der Waals surface area contributed by atoms with Gasteiger partial charge in [0.05, 0.1) is 13.2 Å². The monoisotopic (exact) mass is 360 g/mol. The van der Waals surface area contributed by atoms with E-state index in [1.54, 1.807) is 0 Å². The molecule has 0 amide bonds. The predicted molar refractivity (Wildman–Crippen MR) is 99.7 cm³/mol. The SMILES string of the molecule is CCCCCCCCCCCCCCO[C@H]1[C@@H]([C@@H](O)CO)OC[C@H]1O. The number of ether oxygens (including phenoxy) is 2. The average Bonchev–Trinajstić information content (AvgIpc) is 2.99. The van der Waals surface area contributed by atoms with E-state index in [9.17, 15) is 10.2 Å². The van der Waals surface area contributed by atoms with Crippen LogP contribution >= 0.6 is 0 Å². The Bertz CT molecular complexity index is 300. The van der Waals surface area contributed by atoms with Crippen molar-refractivity contribution in [2.24, 2.45) is 0 Å². The molecule has 150 valence electrons. The Labute approximate surface area is 153 Å². The van der Waals surface area contributed by atoms with E-state index in [0.717, 1.165) is 12.8 Å². The second kappa shape index (κ2) is 14.9. The summed E-state index contributed by atoms with van der Waals surface area (Å²) in [5.74, 6) is 0. The van der Waals surface area contributed by atoms with Crippen molar-refractivity contribution in [3.05, 3.63) is 0 Å². The Balaban J connectivity index is 1.91. The summed E-state index contributed by atoms with van der Waals surface area (Å²) in [5.41, 5.74) is 0. The largest absolute Gasteiger partial charge is 0.394 e. The Kier molecular flexibility index (Phi) is 13.6. The van der Waals surface area contributed by atoms with E-state index in [1.165, 1.54) is 64.2 Å². The second-order valence-corrected chi connectivity index (χ2v) is 7.34. The van der Waals surface area contributed by atoms with Crippen LogP contribution in [0.25, 0.3) is 0 Å². The first-order valence-corrected chi connectivity index (χ1v) is 10.4. The van der Waals surface area contributed by atoms with Gasteiger partial charge >= 0.3 is 0 Å². The summed E-state index contributed by atoms with van der Waals surface area (Å²) in [6.45, 7) is 2.60. The number of rotatable bonds is 16. The van der Waals surface area contributed by atoms with E-state index < -0.39 is 24.4 Å². The third-order valence-electron chi connectivity index (χ3n) is 5.04.